The quantitative estimate of drug-likeness (QED) is 0.0390. The summed E-state index contributed by atoms with van der Waals surface area (Å²) in [7, 11) is 0. The zero-order valence-corrected chi connectivity index (χ0v) is 55.7. The number of nitrogens with two attached hydrogens (primary N) is 1. The molecular formula is C70H65Br2Cl2N7Ni2O8-2. The van der Waals surface area contributed by atoms with Crippen LogP contribution in [-0.2, 0) is 82.9 Å². The smallest absolute Gasteiger partial charge is 0.328 e. The first kappa shape index (κ1) is 72.9. The molecule has 8 aromatic carbocycles. The molecule has 0 radical (unpaired) electrons. The molecule has 4 atom stereocenters. The van der Waals surface area contributed by atoms with Crippen molar-refractivity contribution in [2.24, 2.45) is 15.7 Å². The minimum atomic E-state index is -1.11. The van der Waals surface area contributed by atoms with Gasteiger partial charge in [-0.05, 0) is 103 Å². The number of benzene rings is 8. The number of halogens is 4. The number of carboxylic acids is 3. The Hall–Kier alpha value is -7.14. The van der Waals surface area contributed by atoms with Gasteiger partial charge in [0.2, 0.25) is 0 Å². The van der Waals surface area contributed by atoms with Gasteiger partial charge in [-0.1, -0.05) is 237 Å². The number of carbonyl (C=O) groups excluding carboxylic acids is 2. The van der Waals surface area contributed by atoms with Crippen LogP contribution in [0, 0.1) is 0 Å². The summed E-state index contributed by atoms with van der Waals surface area (Å²) in [4.78, 5) is 74.5. The predicted octanol–water partition coefficient (Wildman–Crippen LogP) is 14.7. The molecule has 8 aromatic rings. The van der Waals surface area contributed by atoms with Crippen LogP contribution in [-0.4, -0.2) is 110 Å². The van der Waals surface area contributed by atoms with E-state index in [0.29, 0.717) is 62.6 Å². The Morgan fingerprint density at radius 1 is 0.527 bits per heavy atom. The van der Waals surface area contributed by atoms with Gasteiger partial charge in [-0.3, -0.25) is 29.4 Å². The Labute approximate surface area is 576 Å². The van der Waals surface area contributed by atoms with E-state index in [1.165, 1.54) is 5.56 Å². The van der Waals surface area contributed by atoms with Crippen molar-refractivity contribution in [1.29, 1.82) is 0 Å². The van der Waals surface area contributed by atoms with E-state index in [9.17, 15) is 34.2 Å². The second-order valence-electron chi connectivity index (χ2n) is 21.1. The van der Waals surface area contributed by atoms with Crippen molar-refractivity contribution in [3.8, 4) is 0 Å². The largest absolute Gasteiger partial charge is 0.625 e. The number of amides is 2. The first-order valence-corrected chi connectivity index (χ1v) is 31.1. The molecule has 2 fully saturated rings. The number of nitrogens with zero attached hydrogens (tertiary/aromatic N) is 6. The Morgan fingerprint density at radius 3 is 1.34 bits per heavy atom. The second kappa shape index (κ2) is 36.8. The summed E-state index contributed by atoms with van der Waals surface area (Å²) in [6.07, 6.45) is 3.74. The second-order valence-corrected chi connectivity index (χ2v) is 23.8. The van der Waals surface area contributed by atoms with Crippen LogP contribution in [0.15, 0.2) is 225 Å². The van der Waals surface area contributed by atoms with Crippen molar-refractivity contribution in [2.75, 3.05) is 19.6 Å². The fourth-order valence-corrected chi connectivity index (χ4v) is 11.9. The fourth-order valence-electron chi connectivity index (χ4n) is 10.4. The van der Waals surface area contributed by atoms with Crippen molar-refractivity contribution in [1.82, 2.24) is 9.80 Å². The fraction of sp³-hybridized carbons (Fsp3) is 0.214. The Kier molecular flexibility index (Phi) is 29.5. The minimum absolute atomic E-state index is 0. The third-order valence-corrected chi connectivity index (χ3v) is 16.5. The topological polar surface area (TPSA) is 231 Å². The van der Waals surface area contributed by atoms with Gasteiger partial charge < -0.3 is 41.3 Å². The summed E-state index contributed by atoms with van der Waals surface area (Å²) in [6.45, 7) is 2.73. The molecule has 10 rings (SSSR count). The Morgan fingerprint density at radius 2 is 0.923 bits per heavy atom. The number of carboxylic acid groups (broad SMARTS) is 3. The van der Waals surface area contributed by atoms with Gasteiger partial charge in [-0.25, -0.2) is 4.79 Å². The first-order valence-electron chi connectivity index (χ1n) is 28.8. The number of hydrogen-bond acceptors (Lipinski definition) is 10. The third kappa shape index (κ3) is 21.7. The summed E-state index contributed by atoms with van der Waals surface area (Å²) >= 11 is 19.0. The number of carbonyl (C=O) groups is 5. The van der Waals surface area contributed by atoms with E-state index in [-0.39, 0.29) is 76.3 Å². The van der Waals surface area contributed by atoms with Crippen LogP contribution < -0.4 is 5.73 Å². The van der Waals surface area contributed by atoms with Crippen LogP contribution in [0.1, 0.15) is 70.2 Å². The van der Waals surface area contributed by atoms with Gasteiger partial charge in [0.05, 0.1) is 35.3 Å². The zero-order chi connectivity index (χ0) is 63.2. The molecule has 0 unspecified atom stereocenters. The Balaban J connectivity index is 0.000000239. The minimum Gasteiger partial charge on any atom is -0.625 e. The molecule has 21 heteroatoms. The van der Waals surface area contributed by atoms with Gasteiger partial charge in [0.1, 0.15) is 12.6 Å². The van der Waals surface area contributed by atoms with Gasteiger partial charge in [-0.15, -0.1) is 11.4 Å². The molecule has 2 saturated heterocycles. The number of hydrogen-bond donors (Lipinski definition) is 4. The predicted molar refractivity (Wildman–Crippen MR) is 358 cm³/mol. The van der Waals surface area contributed by atoms with E-state index >= 15 is 0 Å². The molecule has 0 spiro atoms. The summed E-state index contributed by atoms with van der Waals surface area (Å²) in [5, 5.41) is 38.1. The molecule has 91 heavy (non-hydrogen) atoms. The van der Waals surface area contributed by atoms with Crippen molar-refractivity contribution < 1.29 is 72.3 Å². The molecule has 0 bridgehead atoms. The third-order valence-electron chi connectivity index (χ3n) is 14.8. The Bertz CT molecular complexity index is 3790. The molecule has 2 amide bonds. The van der Waals surface area contributed by atoms with Crippen molar-refractivity contribution in [3.63, 3.8) is 0 Å². The van der Waals surface area contributed by atoms with Crippen LogP contribution in [0.25, 0.3) is 10.6 Å². The number of likely N-dealkylation sites (tertiary alicyclic amines) is 2. The molecule has 0 aromatic heterocycles. The van der Waals surface area contributed by atoms with Crippen molar-refractivity contribution in [3.05, 3.63) is 280 Å². The van der Waals surface area contributed by atoms with E-state index in [0.717, 1.165) is 70.0 Å². The molecule has 0 aliphatic carbocycles. The summed E-state index contributed by atoms with van der Waals surface area (Å²) in [6, 6.07) is 61.6. The molecule has 5 N–H and O–H groups in total. The maximum absolute atomic E-state index is 13.6. The van der Waals surface area contributed by atoms with E-state index < -0.39 is 30.0 Å². The number of rotatable bonds is 21. The van der Waals surface area contributed by atoms with Gasteiger partial charge in [-0.2, -0.15) is 0 Å². The van der Waals surface area contributed by atoms with Crippen LogP contribution >= 0.6 is 55.1 Å². The normalized spacial score (nSPS) is 15.4. The number of aliphatic carboxylic acids is 3. The summed E-state index contributed by atoms with van der Waals surface area (Å²) in [5.74, 6) is -3.50. The van der Waals surface area contributed by atoms with Gasteiger partial charge in [0.25, 0.3) is 0 Å². The zero-order valence-electron chi connectivity index (χ0n) is 49.0. The molecule has 2 heterocycles. The summed E-state index contributed by atoms with van der Waals surface area (Å²) < 4.78 is 1.66. The average Bonchev–Trinajstić information content (AvgIpc) is 2.50. The monoisotopic (exact) mass is 1480 g/mol. The van der Waals surface area contributed by atoms with Crippen LogP contribution in [0.2, 0.25) is 10.0 Å². The van der Waals surface area contributed by atoms with Crippen molar-refractivity contribution >= 4 is 108 Å². The van der Waals surface area contributed by atoms with E-state index in [1.54, 1.807) is 42.5 Å². The standard InChI is InChI=1S/C34H31BrClN3O3.C27H27N3O3.C9H9BrClNO2.2Ni/c35-26-18-17-25(28(36)21-26)20-30(34(41)42)37-32(24-12-5-2-6-13-24)27-14-7-8-15-29(27)38-33(40)31-16-9-19-39(31)22-23-10-3-1-4-11-23;31-25(32)18-28-26(21-12-5-2-6-13-21)22-14-7-8-15-23(22)29-27(33)24-16-9-17-30(24)19-20-10-3-1-4-11-20;10-6-2-1-5(7(11)4-6)3-8(12)9(13)14;;/h1-8,10-15,17-18,21,30-31H,9,16,19-20,22H2,(H2,37,38,40,41,42);1-8,10-15,24H,9,16-19H2,(H2,28,29,31,32,33);1-2,4,8H,3,12H2,(H,13,14);;/p-2/t30-,31-;24-;8-;;/m111../s1. The van der Waals surface area contributed by atoms with E-state index in [4.69, 9.17) is 39.0 Å². The van der Waals surface area contributed by atoms with Crippen molar-refractivity contribution in [2.45, 2.75) is 75.8 Å². The van der Waals surface area contributed by atoms with Crippen LogP contribution in [0.3, 0.4) is 0 Å². The average molecular weight is 1480 g/mol. The molecule has 2 aliphatic heterocycles. The van der Waals surface area contributed by atoms with Crippen LogP contribution in [0.4, 0.5) is 11.4 Å². The maximum Gasteiger partial charge on any atom is 0.328 e. The van der Waals surface area contributed by atoms with Crippen LogP contribution in [0.5, 0.6) is 0 Å². The first-order chi connectivity index (χ1) is 43.0. The molecule has 478 valence electrons. The molecule has 15 nitrogen and oxygen atoms in total. The number of aliphatic imine (C=N–C) groups is 2. The van der Waals surface area contributed by atoms with Gasteiger partial charge in [0, 0.05) is 82.6 Å². The van der Waals surface area contributed by atoms with E-state index in [1.807, 2.05) is 140 Å². The molecular weight excluding hydrogens is 1410 g/mol. The summed E-state index contributed by atoms with van der Waals surface area (Å²) in [5.41, 5.74) is 13.8. The van der Waals surface area contributed by atoms with E-state index in [2.05, 4.69) is 81.6 Å². The van der Waals surface area contributed by atoms with Gasteiger partial charge >= 0.3 is 17.9 Å². The maximum atomic E-state index is 13.6. The number of para-hydroxylation sites is 2. The SMILES string of the molecule is N[C@H](Cc1ccc(Br)cc1Cl)C(=O)O.O=C(O)CN=C(c1ccccc1)c1ccccc1[N-]C(=O)[C@H]1CCCN1Cc1ccccc1.O=C([N-]c1ccccc1C(=N[C@H](Cc1ccc(Br)cc1Cl)C(=O)O)c1ccccc1)[C@H]1CCCN1Cc1ccccc1.[Ni].[Ni]. The molecule has 2 aliphatic rings. The molecule has 0 saturated carbocycles. The van der Waals surface area contributed by atoms with Gasteiger partial charge in [0.15, 0.2) is 6.04 Å².